The Morgan fingerprint density at radius 1 is 0.731 bits per heavy atom. The number of rotatable bonds is 13. The second-order valence-corrected chi connectivity index (χ2v) is 7.22. The molecule has 2 rings (SSSR count). The number of benzene rings is 2. The summed E-state index contributed by atoms with van der Waals surface area (Å²) in [5.74, 6) is 0.279. The maximum atomic E-state index is 11.7. The summed E-state index contributed by atoms with van der Waals surface area (Å²) in [4.78, 5) is 4.92. The van der Waals surface area contributed by atoms with Gasteiger partial charge in [-0.05, 0) is 24.0 Å². The van der Waals surface area contributed by atoms with E-state index in [0.29, 0.717) is 12.8 Å². The zero-order valence-electron chi connectivity index (χ0n) is 14.3. The van der Waals surface area contributed by atoms with Gasteiger partial charge in [0.05, 0.1) is 25.6 Å². The molecule has 0 saturated carbocycles. The Bertz CT molecular complexity index is 666. The lowest BCUT2D eigenvalue weighted by atomic mass is 10.2. The highest BCUT2D eigenvalue weighted by Crippen LogP contribution is 2.05. The second-order valence-electron chi connectivity index (χ2n) is 5.30. The Labute approximate surface area is 158 Å². The summed E-state index contributed by atoms with van der Waals surface area (Å²) in [5, 5.41) is 0. The van der Waals surface area contributed by atoms with E-state index in [1.807, 2.05) is 60.7 Å². The van der Waals surface area contributed by atoms with Gasteiger partial charge in [0.15, 0.2) is 11.1 Å². The van der Waals surface area contributed by atoms with Gasteiger partial charge in [-0.25, -0.2) is 9.10 Å². The van der Waals surface area contributed by atoms with Gasteiger partial charge in [0.2, 0.25) is 0 Å². The second kappa shape index (κ2) is 12.9. The van der Waals surface area contributed by atoms with Crippen molar-refractivity contribution in [1.82, 2.24) is 0 Å². The lowest BCUT2D eigenvalue weighted by molar-refractivity contribution is -0.197. The maximum absolute atomic E-state index is 11.7. The highest BCUT2D eigenvalue weighted by atomic mass is 32.2. The van der Waals surface area contributed by atoms with Crippen LogP contribution < -0.4 is 0 Å². The minimum absolute atomic E-state index is 0.234. The van der Waals surface area contributed by atoms with E-state index in [1.54, 1.807) is 0 Å². The van der Waals surface area contributed by atoms with Crippen LogP contribution in [0, 0.1) is 0 Å². The average Bonchev–Trinajstić information content (AvgIpc) is 2.67. The Morgan fingerprint density at radius 3 is 2.04 bits per heavy atom. The monoisotopic (exact) mass is 398 g/mol. The molecule has 2 aromatic rings. The van der Waals surface area contributed by atoms with Crippen molar-refractivity contribution < 1.29 is 26.0 Å². The molecule has 0 aliphatic heterocycles. The summed E-state index contributed by atoms with van der Waals surface area (Å²) >= 11 is -3.31. The van der Waals surface area contributed by atoms with Crippen LogP contribution in [0.1, 0.15) is 24.0 Å². The van der Waals surface area contributed by atoms with Gasteiger partial charge in [-0.3, -0.25) is 8.37 Å². The zero-order valence-corrected chi connectivity index (χ0v) is 15.9. The van der Waals surface area contributed by atoms with Crippen LogP contribution >= 0.6 is 0 Å². The van der Waals surface area contributed by atoms with E-state index in [0.717, 1.165) is 11.1 Å². The van der Waals surface area contributed by atoms with Crippen molar-refractivity contribution in [3.8, 4) is 0 Å². The van der Waals surface area contributed by atoms with E-state index in [4.69, 9.17) is 17.6 Å². The smallest absolute Gasteiger partial charge is 0.268 e. The van der Waals surface area contributed by atoms with Crippen molar-refractivity contribution in [2.45, 2.75) is 25.2 Å². The molecule has 8 heteroatoms. The van der Waals surface area contributed by atoms with E-state index >= 15 is 0 Å². The van der Waals surface area contributed by atoms with Crippen LogP contribution in [0.3, 0.4) is 0 Å². The van der Waals surface area contributed by atoms with Gasteiger partial charge >= 0.3 is 11.4 Å². The lowest BCUT2D eigenvalue weighted by Gasteiger charge is -2.05. The fraction of sp³-hybridized carbons (Fsp3) is 0.333. The molecule has 0 amide bonds. The molecular formula is C18H22O6S2. The summed E-state index contributed by atoms with van der Waals surface area (Å²) in [7, 11) is 0. The maximum Gasteiger partial charge on any atom is 0.304 e. The van der Waals surface area contributed by atoms with E-state index in [1.165, 1.54) is 0 Å². The molecule has 6 nitrogen and oxygen atoms in total. The molecule has 2 aromatic carbocycles. The van der Waals surface area contributed by atoms with E-state index < -0.39 is 22.4 Å². The first-order valence-corrected chi connectivity index (χ1v) is 10.4. The molecule has 0 aromatic heterocycles. The summed E-state index contributed by atoms with van der Waals surface area (Å²) in [5.41, 5.74) is 1.85. The molecule has 0 radical (unpaired) electrons. The van der Waals surface area contributed by atoms with Crippen molar-refractivity contribution in [3.05, 3.63) is 71.8 Å². The molecule has 0 unspecified atom stereocenters. The van der Waals surface area contributed by atoms with Crippen LogP contribution in [-0.4, -0.2) is 21.6 Å². The van der Waals surface area contributed by atoms with Crippen LogP contribution in [0.25, 0.3) is 0 Å². The Kier molecular flexibility index (Phi) is 10.3. The summed E-state index contributed by atoms with van der Waals surface area (Å²) in [6.07, 6.45) is 1.24. The van der Waals surface area contributed by atoms with E-state index in [-0.39, 0.29) is 25.6 Å². The molecule has 2 atom stereocenters. The largest absolute Gasteiger partial charge is 0.304 e. The summed E-state index contributed by atoms with van der Waals surface area (Å²) in [6, 6.07) is 18.8. The molecule has 26 heavy (non-hydrogen) atoms. The Hall–Kier alpha value is -1.42. The molecule has 0 bridgehead atoms. The lowest BCUT2D eigenvalue weighted by Crippen LogP contribution is -2.06. The first-order valence-electron chi connectivity index (χ1n) is 8.18. The van der Waals surface area contributed by atoms with Crippen LogP contribution in [0.5, 0.6) is 0 Å². The van der Waals surface area contributed by atoms with Gasteiger partial charge in [-0.2, -0.15) is 4.21 Å². The molecule has 142 valence electrons. The fourth-order valence-electron chi connectivity index (χ4n) is 1.94. The van der Waals surface area contributed by atoms with Gasteiger partial charge in [-0.15, -0.1) is 4.33 Å². The molecule has 0 saturated heterocycles. The SMILES string of the molecule is O=[S@@](OCCCCOO[S@@](=O)Cc1ccccc1)OCc1ccccc1. The minimum Gasteiger partial charge on any atom is -0.268 e. The number of hydrogen-bond donors (Lipinski definition) is 0. The minimum atomic E-state index is -1.78. The van der Waals surface area contributed by atoms with Gasteiger partial charge in [-0.1, -0.05) is 60.7 Å². The van der Waals surface area contributed by atoms with Crippen LogP contribution in [-0.2, 0) is 52.4 Å². The van der Waals surface area contributed by atoms with Crippen LogP contribution in [0.4, 0.5) is 0 Å². The molecule has 0 spiro atoms. The predicted molar refractivity (Wildman–Crippen MR) is 99.9 cm³/mol. The third kappa shape index (κ3) is 9.33. The molecule has 0 aliphatic rings. The van der Waals surface area contributed by atoms with Crippen molar-refractivity contribution in [1.29, 1.82) is 0 Å². The van der Waals surface area contributed by atoms with Crippen molar-refractivity contribution in [2.75, 3.05) is 13.2 Å². The molecule has 0 heterocycles. The molecule has 0 N–H and O–H groups in total. The third-order valence-corrected chi connectivity index (χ3v) is 4.70. The van der Waals surface area contributed by atoms with Gasteiger partial charge in [0.25, 0.3) is 0 Å². The van der Waals surface area contributed by atoms with Gasteiger partial charge in [0, 0.05) is 0 Å². The highest BCUT2D eigenvalue weighted by molar-refractivity contribution is 7.79. The first-order chi connectivity index (χ1) is 12.7. The predicted octanol–water partition coefficient (Wildman–Crippen LogP) is 3.39. The van der Waals surface area contributed by atoms with Crippen LogP contribution in [0.15, 0.2) is 60.7 Å². The van der Waals surface area contributed by atoms with Crippen molar-refractivity contribution in [2.24, 2.45) is 0 Å². The fourth-order valence-corrected chi connectivity index (χ4v) is 3.18. The van der Waals surface area contributed by atoms with Gasteiger partial charge in [0.1, 0.15) is 0 Å². The molecular weight excluding hydrogens is 376 g/mol. The average molecular weight is 399 g/mol. The molecule has 0 fully saturated rings. The van der Waals surface area contributed by atoms with Crippen molar-refractivity contribution in [3.63, 3.8) is 0 Å². The Morgan fingerprint density at radius 2 is 1.35 bits per heavy atom. The summed E-state index contributed by atoms with van der Waals surface area (Å²) in [6.45, 7) is 0.789. The Balaban J connectivity index is 1.44. The zero-order chi connectivity index (χ0) is 18.5. The number of unbranched alkanes of at least 4 members (excludes halogenated alkanes) is 1. The number of hydrogen-bond acceptors (Lipinski definition) is 6. The third-order valence-electron chi connectivity index (χ3n) is 3.22. The normalized spacial score (nSPS) is 13.4. The van der Waals surface area contributed by atoms with Gasteiger partial charge < -0.3 is 0 Å². The first kappa shape index (κ1) is 20.9. The van der Waals surface area contributed by atoms with E-state index in [2.05, 4.69) is 0 Å². The summed E-state index contributed by atoms with van der Waals surface area (Å²) < 4.78 is 38.2. The van der Waals surface area contributed by atoms with Crippen molar-refractivity contribution >= 4 is 22.4 Å². The highest BCUT2D eigenvalue weighted by Gasteiger charge is 2.04. The van der Waals surface area contributed by atoms with E-state index in [9.17, 15) is 8.42 Å². The quantitative estimate of drug-likeness (QED) is 0.293. The standard InChI is InChI=1S/C18H22O6S2/c19-25(16-18-11-5-2-6-12-18)24-21-13-7-8-14-22-26(20)23-15-17-9-3-1-4-10-17/h1-6,9-12H,7-8,13-16H2/t25-,26+/m1/s1. The van der Waals surface area contributed by atoms with Crippen LogP contribution in [0.2, 0.25) is 0 Å². The molecule has 0 aliphatic carbocycles. The topological polar surface area (TPSA) is 71.1 Å².